The van der Waals surface area contributed by atoms with Gasteiger partial charge in [-0.3, -0.25) is 9.69 Å². The Morgan fingerprint density at radius 2 is 1.90 bits per heavy atom. The average molecular weight is 268 g/mol. The molecule has 2 aromatic rings. The Balaban J connectivity index is 1.68. The maximum absolute atomic E-state index is 12.4. The molecule has 0 atom stereocenters. The Labute approximate surface area is 118 Å². The number of amides is 1. The standard InChI is InChI=1S/C16H16N2O2/c19-16(12-20-14-6-2-1-3-7-14)18(13-9-10-13)15-8-4-5-11-17-15/h1-8,11,13H,9-10,12H2. The van der Waals surface area contributed by atoms with E-state index in [1.807, 2.05) is 48.5 Å². The molecule has 0 N–H and O–H groups in total. The predicted octanol–water partition coefficient (Wildman–Crippen LogP) is 2.66. The minimum atomic E-state index is -0.0462. The largest absolute Gasteiger partial charge is 0.484 e. The van der Waals surface area contributed by atoms with E-state index in [1.165, 1.54) is 0 Å². The lowest BCUT2D eigenvalue weighted by atomic mass is 10.3. The van der Waals surface area contributed by atoms with E-state index in [9.17, 15) is 4.79 Å². The summed E-state index contributed by atoms with van der Waals surface area (Å²) in [5.41, 5.74) is 0. The summed E-state index contributed by atoms with van der Waals surface area (Å²) in [5, 5.41) is 0. The van der Waals surface area contributed by atoms with Crippen molar-refractivity contribution >= 4 is 11.7 Å². The first kappa shape index (κ1) is 12.7. The van der Waals surface area contributed by atoms with Crippen LogP contribution in [-0.2, 0) is 4.79 Å². The molecule has 102 valence electrons. The number of para-hydroxylation sites is 1. The van der Waals surface area contributed by atoms with Crippen molar-refractivity contribution in [2.24, 2.45) is 0 Å². The highest BCUT2D eigenvalue weighted by atomic mass is 16.5. The van der Waals surface area contributed by atoms with Crippen LogP contribution in [0.3, 0.4) is 0 Å². The topological polar surface area (TPSA) is 42.4 Å². The molecule has 1 aromatic heterocycles. The van der Waals surface area contributed by atoms with Gasteiger partial charge in [0.15, 0.2) is 6.61 Å². The van der Waals surface area contributed by atoms with Gasteiger partial charge in [-0.25, -0.2) is 4.98 Å². The molecule has 1 amide bonds. The first-order chi connectivity index (χ1) is 9.84. The molecule has 0 spiro atoms. The van der Waals surface area contributed by atoms with Gasteiger partial charge in [-0.2, -0.15) is 0 Å². The molecule has 4 heteroatoms. The highest BCUT2D eigenvalue weighted by Crippen LogP contribution is 2.30. The van der Waals surface area contributed by atoms with E-state index in [1.54, 1.807) is 11.1 Å². The lowest BCUT2D eigenvalue weighted by Gasteiger charge is -2.21. The first-order valence-corrected chi connectivity index (χ1v) is 6.75. The molecule has 0 saturated heterocycles. The van der Waals surface area contributed by atoms with E-state index in [2.05, 4.69) is 4.98 Å². The number of aromatic nitrogens is 1. The van der Waals surface area contributed by atoms with Gasteiger partial charge in [0.25, 0.3) is 5.91 Å². The van der Waals surface area contributed by atoms with Crippen LogP contribution in [0.4, 0.5) is 5.82 Å². The fourth-order valence-electron chi connectivity index (χ4n) is 2.08. The summed E-state index contributed by atoms with van der Waals surface area (Å²) in [6.45, 7) is 0.0388. The minimum absolute atomic E-state index is 0.0388. The summed E-state index contributed by atoms with van der Waals surface area (Å²) >= 11 is 0. The molecule has 1 aliphatic carbocycles. The number of benzene rings is 1. The molecule has 4 nitrogen and oxygen atoms in total. The lowest BCUT2D eigenvalue weighted by Crippen LogP contribution is -2.37. The van der Waals surface area contributed by atoms with Crippen molar-refractivity contribution in [3.63, 3.8) is 0 Å². The van der Waals surface area contributed by atoms with Crippen molar-refractivity contribution in [1.82, 2.24) is 4.98 Å². The van der Waals surface area contributed by atoms with Crippen molar-refractivity contribution in [1.29, 1.82) is 0 Å². The second-order valence-electron chi connectivity index (χ2n) is 4.78. The third-order valence-corrected chi connectivity index (χ3v) is 3.18. The smallest absolute Gasteiger partial charge is 0.266 e. The fraction of sp³-hybridized carbons (Fsp3) is 0.250. The van der Waals surface area contributed by atoms with Crippen LogP contribution in [0, 0.1) is 0 Å². The third-order valence-electron chi connectivity index (χ3n) is 3.18. The zero-order valence-electron chi connectivity index (χ0n) is 11.1. The van der Waals surface area contributed by atoms with E-state index >= 15 is 0 Å². The van der Waals surface area contributed by atoms with E-state index < -0.39 is 0 Å². The summed E-state index contributed by atoms with van der Waals surface area (Å²) in [6, 6.07) is 15.2. The normalized spacial score (nSPS) is 13.8. The summed E-state index contributed by atoms with van der Waals surface area (Å²) in [5.74, 6) is 1.37. The molecule has 1 heterocycles. The van der Waals surface area contributed by atoms with Gasteiger partial charge in [0.2, 0.25) is 0 Å². The number of nitrogens with zero attached hydrogens (tertiary/aromatic N) is 2. The van der Waals surface area contributed by atoms with Crippen molar-refractivity contribution in [2.45, 2.75) is 18.9 Å². The Kier molecular flexibility index (Phi) is 3.63. The molecule has 1 fully saturated rings. The van der Waals surface area contributed by atoms with Crippen LogP contribution in [-0.4, -0.2) is 23.5 Å². The van der Waals surface area contributed by atoms with Gasteiger partial charge in [0, 0.05) is 12.2 Å². The fourth-order valence-corrected chi connectivity index (χ4v) is 2.08. The molecule has 1 saturated carbocycles. The van der Waals surface area contributed by atoms with Crippen LogP contribution >= 0.6 is 0 Å². The maximum atomic E-state index is 12.4. The van der Waals surface area contributed by atoms with Crippen LogP contribution < -0.4 is 9.64 Å². The van der Waals surface area contributed by atoms with Crippen LogP contribution in [0.15, 0.2) is 54.7 Å². The Bertz CT molecular complexity index is 568. The first-order valence-electron chi connectivity index (χ1n) is 6.75. The zero-order chi connectivity index (χ0) is 13.8. The van der Waals surface area contributed by atoms with Gasteiger partial charge in [0.1, 0.15) is 11.6 Å². The molecule has 0 radical (unpaired) electrons. The number of rotatable bonds is 5. The van der Waals surface area contributed by atoms with Crippen LogP contribution in [0.1, 0.15) is 12.8 Å². The molecule has 1 aromatic carbocycles. The molecule has 0 aliphatic heterocycles. The molecule has 0 unspecified atom stereocenters. The summed E-state index contributed by atoms with van der Waals surface area (Å²) in [6.07, 6.45) is 3.78. The monoisotopic (exact) mass is 268 g/mol. The van der Waals surface area contributed by atoms with Crippen LogP contribution in [0.5, 0.6) is 5.75 Å². The van der Waals surface area contributed by atoms with Crippen LogP contribution in [0.25, 0.3) is 0 Å². The Morgan fingerprint density at radius 3 is 2.55 bits per heavy atom. The molecule has 1 aliphatic rings. The summed E-state index contributed by atoms with van der Waals surface area (Å²) < 4.78 is 5.53. The maximum Gasteiger partial charge on any atom is 0.266 e. The van der Waals surface area contributed by atoms with Crippen molar-refractivity contribution in [2.75, 3.05) is 11.5 Å². The van der Waals surface area contributed by atoms with Crippen molar-refractivity contribution < 1.29 is 9.53 Å². The minimum Gasteiger partial charge on any atom is -0.484 e. The van der Waals surface area contributed by atoms with Crippen molar-refractivity contribution in [3.05, 3.63) is 54.7 Å². The SMILES string of the molecule is O=C(COc1ccccc1)N(c1ccccn1)C1CC1. The van der Waals surface area contributed by atoms with Gasteiger partial charge >= 0.3 is 0 Å². The number of pyridine rings is 1. The number of hydrogen-bond acceptors (Lipinski definition) is 3. The molecular weight excluding hydrogens is 252 g/mol. The highest BCUT2D eigenvalue weighted by molar-refractivity contribution is 5.94. The average Bonchev–Trinajstić information content (AvgIpc) is 3.32. The predicted molar refractivity (Wildman–Crippen MR) is 76.7 cm³/mol. The van der Waals surface area contributed by atoms with E-state index in [4.69, 9.17) is 4.74 Å². The molecule has 20 heavy (non-hydrogen) atoms. The van der Waals surface area contributed by atoms with Gasteiger partial charge in [-0.1, -0.05) is 24.3 Å². The number of anilines is 1. The second kappa shape index (κ2) is 5.74. The van der Waals surface area contributed by atoms with Gasteiger partial charge in [-0.05, 0) is 37.1 Å². The van der Waals surface area contributed by atoms with Crippen LogP contribution in [0.2, 0.25) is 0 Å². The van der Waals surface area contributed by atoms with Gasteiger partial charge in [0.05, 0.1) is 0 Å². The summed E-state index contributed by atoms with van der Waals surface area (Å²) in [4.78, 5) is 18.4. The lowest BCUT2D eigenvalue weighted by molar-refractivity contribution is -0.120. The number of carbonyl (C=O) groups excluding carboxylic acids is 1. The number of carbonyl (C=O) groups is 1. The Morgan fingerprint density at radius 1 is 1.15 bits per heavy atom. The second-order valence-corrected chi connectivity index (χ2v) is 4.78. The summed E-state index contributed by atoms with van der Waals surface area (Å²) in [7, 11) is 0. The zero-order valence-corrected chi connectivity index (χ0v) is 11.1. The Hall–Kier alpha value is -2.36. The highest BCUT2D eigenvalue weighted by Gasteiger charge is 2.34. The quantitative estimate of drug-likeness (QED) is 0.837. The van der Waals surface area contributed by atoms with E-state index in [-0.39, 0.29) is 18.6 Å². The molecule has 3 rings (SSSR count). The van der Waals surface area contributed by atoms with E-state index in [0.717, 1.165) is 12.8 Å². The molecular formula is C16H16N2O2. The van der Waals surface area contributed by atoms with Gasteiger partial charge < -0.3 is 4.74 Å². The van der Waals surface area contributed by atoms with Crippen molar-refractivity contribution in [3.8, 4) is 5.75 Å². The number of hydrogen-bond donors (Lipinski definition) is 0. The third kappa shape index (κ3) is 2.96. The number of ether oxygens (including phenoxy) is 1. The van der Waals surface area contributed by atoms with E-state index in [0.29, 0.717) is 11.6 Å². The molecule has 0 bridgehead atoms. The van der Waals surface area contributed by atoms with Gasteiger partial charge in [-0.15, -0.1) is 0 Å².